The van der Waals surface area contributed by atoms with E-state index in [-0.39, 0.29) is 18.4 Å². The molecular weight excluding hydrogens is 456 g/mol. The van der Waals surface area contributed by atoms with Crippen molar-refractivity contribution in [2.45, 2.75) is 20.4 Å². The van der Waals surface area contributed by atoms with Crippen molar-refractivity contribution in [2.75, 3.05) is 5.32 Å². The Kier molecular flexibility index (Phi) is 6.25. The molecule has 2 N–H and O–H groups in total. The molecule has 1 saturated heterocycles. The summed E-state index contributed by atoms with van der Waals surface area (Å²) in [5.74, 6) is -0.302. The van der Waals surface area contributed by atoms with E-state index in [1.54, 1.807) is 0 Å². The van der Waals surface area contributed by atoms with Crippen LogP contribution >= 0.6 is 11.8 Å². The quantitative estimate of drug-likeness (QED) is 0.355. The summed E-state index contributed by atoms with van der Waals surface area (Å²) >= 11 is 1.32. The first-order valence-electron chi connectivity index (χ1n) is 11.3. The zero-order valence-corrected chi connectivity index (χ0v) is 20.2. The van der Waals surface area contributed by atoms with Crippen LogP contribution in [-0.4, -0.2) is 21.5 Å². The number of anilines is 1. The summed E-state index contributed by atoms with van der Waals surface area (Å²) in [6.07, 6.45) is 3.77. The number of carbonyl (C=O) groups excluding carboxylic acids is 2. The molecule has 0 atom stereocenters. The third-order valence-corrected chi connectivity index (χ3v) is 6.48. The molecule has 1 aromatic heterocycles. The number of para-hydroxylation sites is 2. The lowest BCUT2D eigenvalue weighted by Crippen LogP contribution is -2.19. The Bertz CT molecular complexity index is 1480. The third-order valence-electron chi connectivity index (χ3n) is 5.57. The third kappa shape index (κ3) is 5.20. The van der Waals surface area contributed by atoms with Gasteiger partial charge in [-0.15, -0.1) is 0 Å². The molecule has 174 valence electrons. The van der Waals surface area contributed by atoms with E-state index in [0.29, 0.717) is 10.1 Å². The highest BCUT2D eigenvalue weighted by Crippen LogP contribution is 2.31. The number of hydrogen-bond acceptors (Lipinski definition) is 4. The van der Waals surface area contributed by atoms with Crippen molar-refractivity contribution < 1.29 is 9.59 Å². The summed E-state index contributed by atoms with van der Waals surface area (Å²) in [7, 11) is 0. The number of carbonyl (C=O) groups is 2. The van der Waals surface area contributed by atoms with E-state index in [4.69, 9.17) is 0 Å². The monoisotopic (exact) mass is 480 g/mol. The van der Waals surface area contributed by atoms with Crippen LogP contribution in [0.4, 0.5) is 11.4 Å². The summed E-state index contributed by atoms with van der Waals surface area (Å²) in [4.78, 5) is 30.5. The number of nitrogens with zero attached hydrogens (tertiary/aromatic N) is 2. The standard InChI is InChI=1S/C28H24N4O2S/c1-18-12-19(2)14-22(13-18)30-28-31-27(34)25(35-28)15-20-16-32(24-11-7-6-10-23(20)24)17-26(33)29-21-8-4-3-5-9-21/h3-16H,17H2,1-2H3,(H,29,33)(H,30,31,34)/b25-15+. The molecule has 1 aliphatic rings. The highest BCUT2D eigenvalue weighted by molar-refractivity contribution is 8.18. The number of aromatic nitrogens is 1. The molecule has 2 amide bonds. The first-order chi connectivity index (χ1) is 16.9. The van der Waals surface area contributed by atoms with Crippen molar-refractivity contribution in [3.05, 3.63) is 101 Å². The number of rotatable bonds is 5. The fourth-order valence-electron chi connectivity index (χ4n) is 4.15. The number of amides is 2. The number of hydrogen-bond donors (Lipinski definition) is 2. The van der Waals surface area contributed by atoms with Crippen LogP contribution in [0.5, 0.6) is 0 Å². The minimum Gasteiger partial charge on any atom is -0.337 e. The van der Waals surface area contributed by atoms with E-state index in [9.17, 15) is 9.59 Å². The van der Waals surface area contributed by atoms with Crippen molar-refractivity contribution in [2.24, 2.45) is 4.99 Å². The molecule has 0 radical (unpaired) electrons. The zero-order valence-electron chi connectivity index (χ0n) is 19.4. The number of fused-ring (bicyclic) bond motifs is 1. The topological polar surface area (TPSA) is 75.5 Å². The average Bonchev–Trinajstić information content (AvgIpc) is 3.33. The van der Waals surface area contributed by atoms with Gasteiger partial charge in [-0.2, -0.15) is 0 Å². The van der Waals surface area contributed by atoms with Gasteiger partial charge in [-0.3, -0.25) is 9.59 Å². The summed E-state index contributed by atoms with van der Waals surface area (Å²) in [6, 6.07) is 23.3. The lowest BCUT2D eigenvalue weighted by molar-refractivity contribution is -0.117. The lowest BCUT2D eigenvalue weighted by atomic mass is 10.1. The lowest BCUT2D eigenvalue weighted by Gasteiger charge is -2.07. The number of aryl methyl sites for hydroxylation is 2. The van der Waals surface area contributed by atoms with Crippen molar-refractivity contribution in [1.29, 1.82) is 0 Å². The van der Waals surface area contributed by atoms with E-state index < -0.39 is 0 Å². The first-order valence-corrected chi connectivity index (χ1v) is 12.1. The van der Waals surface area contributed by atoms with Crippen LogP contribution in [0.15, 0.2) is 88.9 Å². The maximum Gasteiger partial charge on any atom is 0.264 e. The molecule has 3 aromatic carbocycles. The van der Waals surface area contributed by atoms with Gasteiger partial charge in [-0.1, -0.05) is 42.5 Å². The summed E-state index contributed by atoms with van der Waals surface area (Å²) in [5.41, 5.74) is 5.61. The van der Waals surface area contributed by atoms with Crippen molar-refractivity contribution in [1.82, 2.24) is 9.88 Å². The second-order valence-corrected chi connectivity index (χ2v) is 9.50. The average molecular weight is 481 g/mol. The van der Waals surface area contributed by atoms with Gasteiger partial charge >= 0.3 is 0 Å². The second kappa shape index (κ2) is 9.64. The van der Waals surface area contributed by atoms with Crippen LogP contribution < -0.4 is 10.6 Å². The molecule has 2 heterocycles. The highest BCUT2D eigenvalue weighted by atomic mass is 32.2. The Labute approximate surface area is 207 Å². The maximum absolute atomic E-state index is 12.7. The maximum atomic E-state index is 12.7. The van der Waals surface area contributed by atoms with Gasteiger partial charge in [-0.05, 0) is 73.1 Å². The van der Waals surface area contributed by atoms with Gasteiger partial charge in [0, 0.05) is 28.4 Å². The van der Waals surface area contributed by atoms with Gasteiger partial charge in [0.05, 0.1) is 10.6 Å². The Morgan fingerprint density at radius 1 is 1.03 bits per heavy atom. The van der Waals surface area contributed by atoms with E-state index in [1.807, 2.05) is 97.4 Å². The van der Waals surface area contributed by atoms with Gasteiger partial charge in [0.15, 0.2) is 5.17 Å². The van der Waals surface area contributed by atoms with Gasteiger partial charge in [-0.25, -0.2) is 4.99 Å². The molecule has 0 bridgehead atoms. The minimum atomic E-state index is -0.184. The molecule has 0 aliphatic carbocycles. The van der Waals surface area contributed by atoms with Crippen molar-refractivity contribution in [3.8, 4) is 0 Å². The van der Waals surface area contributed by atoms with E-state index in [2.05, 4.69) is 21.7 Å². The largest absolute Gasteiger partial charge is 0.337 e. The molecule has 35 heavy (non-hydrogen) atoms. The van der Waals surface area contributed by atoms with Crippen LogP contribution in [-0.2, 0) is 16.1 Å². The molecule has 7 heteroatoms. The zero-order chi connectivity index (χ0) is 24.4. The molecule has 1 aliphatic heterocycles. The first kappa shape index (κ1) is 22.7. The number of benzene rings is 3. The molecule has 6 nitrogen and oxygen atoms in total. The van der Waals surface area contributed by atoms with Crippen LogP contribution in [0.2, 0.25) is 0 Å². The summed E-state index contributed by atoms with van der Waals surface area (Å²) < 4.78 is 1.90. The Morgan fingerprint density at radius 2 is 1.74 bits per heavy atom. The minimum absolute atomic E-state index is 0.119. The van der Waals surface area contributed by atoms with Crippen LogP contribution in [0.25, 0.3) is 17.0 Å². The Morgan fingerprint density at radius 3 is 2.51 bits per heavy atom. The smallest absolute Gasteiger partial charge is 0.264 e. The normalized spacial score (nSPS) is 15.7. The van der Waals surface area contributed by atoms with E-state index in [1.165, 1.54) is 11.8 Å². The second-order valence-electron chi connectivity index (χ2n) is 8.47. The SMILES string of the molecule is Cc1cc(C)cc(N=C2NC(=O)/C(=C\c3cn(CC(=O)Nc4ccccc4)c4ccccc34)S2)c1. The van der Waals surface area contributed by atoms with Gasteiger partial charge in [0.25, 0.3) is 5.91 Å². The fraction of sp³-hybridized carbons (Fsp3) is 0.107. The molecule has 4 aromatic rings. The summed E-state index contributed by atoms with van der Waals surface area (Å²) in [5, 5.41) is 7.31. The molecule has 1 fully saturated rings. The van der Waals surface area contributed by atoms with Gasteiger partial charge in [0.1, 0.15) is 6.54 Å². The predicted molar refractivity (Wildman–Crippen MR) is 144 cm³/mol. The van der Waals surface area contributed by atoms with Crippen LogP contribution in [0, 0.1) is 13.8 Å². The molecule has 0 unspecified atom stereocenters. The molecule has 5 rings (SSSR count). The number of amidine groups is 1. The molecule has 0 spiro atoms. The van der Waals surface area contributed by atoms with Crippen molar-refractivity contribution in [3.63, 3.8) is 0 Å². The number of thioether (sulfide) groups is 1. The Hall–Kier alpha value is -4.10. The Balaban J connectivity index is 1.41. The predicted octanol–water partition coefficient (Wildman–Crippen LogP) is 5.79. The van der Waals surface area contributed by atoms with Gasteiger partial charge < -0.3 is 15.2 Å². The van der Waals surface area contributed by atoms with Crippen LogP contribution in [0.3, 0.4) is 0 Å². The van der Waals surface area contributed by atoms with E-state index in [0.717, 1.165) is 39.0 Å². The highest BCUT2D eigenvalue weighted by Gasteiger charge is 2.24. The summed E-state index contributed by atoms with van der Waals surface area (Å²) in [6.45, 7) is 4.22. The fourth-order valence-corrected chi connectivity index (χ4v) is 4.98. The van der Waals surface area contributed by atoms with E-state index >= 15 is 0 Å². The van der Waals surface area contributed by atoms with Crippen LogP contribution in [0.1, 0.15) is 16.7 Å². The number of nitrogens with one attached hydrogen (secondary N) is 2. The molecule has 0 saturated carbocycles. The van der Waals surface area contributed by atoms with Gasteiger partial charge in [0.2, 0.25) is 5.91 Å². The van der Waals surface area contributed by atoms with Crippen molar-refractivity contribution >= 4 is 57.1 Å². The number of aliphatic imine (C=N–C) groups is 1. The molecular formula is C28H24N4O2S.